The first-order chi connectivity index (χ1) is 12.1. The van der Waals surface area contributed by atoms with Gasteiger partial charge in [0.25, 0.3) is 0 Å². The molecular formula is C18H26N4O3. The van der Waals surface area contributed by atoms with Gasteiger partial charge < -0.3 is 25.6 Å². The lowest BCUT2D eigenvalue weighted by Crippen LogP contribution is -2.53. The largest absolute Gasteiger partial charge is 0.496 e. The molecule has 136 valence electrons. The van der Waals surface area contributed by atoms with Crippen LogP contribution in [0.15, 0.2) is 24.3 Å². The normalized spacial score (nSPS) is 24.0. The Bertz CT molecular complexity index is 637. The van der Waals surface area contributed by atoms with Gasteiger partial charge in [-0.1, -0.05) is 18.2 Å². The highest BCUT2D eigenvalue weighted by Gasteiger charge is 2.36. The smallest absolute Gasteiger partial charge is 0.314 e. The molecular weight excluding hydrogens is 320 g/mol. The van der Waals surface area contributed by atoms with Gasteiger partial charge in [0.05, 0.1) is 19.1 Å². The number of para-hydroxylation sites is 1. The number of urea groups is 1. The van der Waals surface area contributed by atoms with E-state index in [0.717, 1.165) is 30.7 Å². The molecule has 3 amide bonds. The first-order valence-corrected chi connectivity index (χ1v) is 8.80. The lowest BCUT2D eigenvalue weighted by Gasteiger charge is -2.40. The van der Waals surface area contributed by atoms with Gasteiger partial charge in [-0.2, -0.15) is 0 Å². The van der Waals surface area contributed by atoms with Gasteiger partial charge in [0.1, 0.15) is 5.75 Å². The van der Waals surface area contributed by atoms with Crippen LogP contribution in [-0.4, -0.2) is 61.6 Å². The molecule has 7 nitrogen and oxygen atoms in total. The topological polar surface area (TPSA) is 87.9 Å². The Morgan fingerprint density at radius 2 is 2.08 bits per heavy atom. The van der Waals surface area contributed by atoms with Crippen LogP contribution in [0, 0.1) is 5.92 Å². The Hall–Kier alpha value is -2.28. The van der Waals surface area contributed by atoms with Crippen LogP contribution in [0.1, 0.15) is 24.4 Å². The quantitative estimate of drug-likeness (QED) is 0.853. The molecule has 2 unspecified atom stereocenters. The van der Waals surface area contributed by atoms with Crippen molar-refractivity contribution >= 4 is 11.9 Å². The summed E-state index contributed by atoms with van der Waals surface area (Å²) in [6, 6.07) is 7.30. The molecule has 3 N–H and O–H groups in total. The van der Waals surface area contributed by atoms with Gasteiger partial charge in [0.15, 0.2) is 0 Å². The Morgan fingerprint density at radius 3 is 2.84 bits per heavy atom. The van der Waals surface area contributed by atoms with Crippen molar-refractivity contribution in [3.05, 3.63) is 29.8 Å². The summed E-state index contributed by atoms with van der Waals surface area (Å²) in [7, 11) is 1.65. The summed E-state index contributed by atoms with van der Waals surface area (Å²) in [6.45, 7) is 3.16. The Labute approximate surface area is 148 Å². The van der Waals surface area contributed by atoms with Gasteiger partial charge in [-0.15, -0.1) is 0 Å². The summed E-state index contributed by atoms with van der Waals surface area (Å²) >= 11 is 0. The second-order valence-corrected chi connectivity index (χ2v) is 6.62. The van der Waals surface area contributed by atoms with E-state index >= 15 is 0 Å². The molecule has 0 saturated carbocycles. The number of methoxy groups -OCH3 is 1. The zero-order valence-corrected chi connectivity index (χ0v) is 14.6. The van der Waals surface area contributed by atoms with Crippen LogP contribution in [0.5, 0.6) is 5.75 Å². The molecule has 2 aliphatic heterocycles. The Morgan fingerprint density at radius 1 is 1.28 bits per heavy atom. The van der Waals surface area contributed by atoms with E-state index in [9.17, 15) is 9.59 Å². The molecule has 2 aliphatic rings. The monoisotopic (exact) mass is 346 g/mol. The number of hydrogen-bond acceptors (Lipinski definition) is 4. The SMILES string of the molecule is COc1ccccc1C1CNCCN1C(=O)C1CCCN(C(N)=O)C1. The minimum atomic E-state index is -0.445. The first kappa shape index (κ1) is 17.5. The number of primary amides is 1. The molecule has 2 saturated heterocycles. The van der Waals surface area contributed by atoms with Crippen molar-refractivity contribution in [3.63, 3.8) is 0 Å². The summed E-state index contributed by atoms with van der Waals surface area (Å²) < 4.78 is 5.49. The van der Waals surface area contributed by atoms with E-state index < -0.39 is 6.03 Å². The van der Waals surface area contributed by atoms with E-state index in [2.05, 4.69) is 5.32 Å². The van der Waals surface area contributed by atoms with Gasteiger partial charge in [-0.25, -0.2) is 4.79 Å². The zero-order chi connectivity index (χ0) is 17.8. The number of rotatable bonds is 3. The number of nitrogens with zero attached hydrogens (tertiary/aromatic N) is 2. The highest BCUT2D eigenvalue weighted by atomic mass is 16.5. The van der Waals surface area contributed by atoms with E-state index in [4.69, 9.17) is 10.5 Å². The molecule has 1 aromatic rings. The molecule has 1 aromatic carbocycles. The van der Waals surface area contributed by atoms with Gasteiger partial charge in [0, 0.05) is 38.3 Å². The Balaban J connectivity index is 1.80. The van der Waals surface area contributed by atoms with Crippen molar-refractivity contribution < 1.29 is 14.3 Å². The summed E-state index contributed by atoms with van der Waals surface area (Å²) in [4.78, 5) is 28.2. The second-order valence-electron chi connectivity index (χ2n) is 6.62. The Kier molecular flexibility index (Phi) is 5.43. The minimum Gasteiger partial charge on any atom is -0.496 e. The summed E-state index contributed by atoms with van der Waals surface area (Å²) in [5.74, 6) is 0.705. The number of piperidine rings is 1. The molecule has 2 fully saturated rings. The van der Waals surface area contributed by atoms with E-state index in [-0.39, 0.29) is 17.9 Å². The molecule has 7 heteroatoms. The van der Waals surface area contributed by atoms with Crippen LogP contribution in [0.3, 0.4) is 0 Å². The van der Waals surface area contributed by atoms with Crippen LogP contribution in [0.4, 0.5) is 4.79 Å². The number of carbonyl (C=O) groups is 2. The number of amides is 3. The standard InChI is InChI=1S/C18H26N4O3/c1-25-16-7-3-2-6-14(16)15-11-20-8-10-22(15)17(23)13-5-4-9-21(12-13)18(19)24/h2-3,6-7,13,15,20H,4-5,8-12H2,1H3,(H2,19,24). The average molecular weight is 346 g/mol. The van der Waals surface area contributed by atoms with Crippen molar-refractivity contribution in [2.45, 2.75) is 18.9 Å². The molecule has 2 heterocycles. The molecule has 0 radical (unpaired) electrons. The maximum atomic E-state index is 13.2. The lowest BCUT2D eigenvalue weighted by atomic mass is 9.94. The molecule has 0 aromatic heterocycles. The van der Waals surface area contributed by atoms with Crippen molar-refractivity contribution in [2.75, 3.05) is 39.8 Å². The van der Waals surface area contributed by atoms with E-state index in [1.54, 1.807) is 12.0 Å². The van der Waals surface area contributed by atoms with Crippen LogP contribution >= 0.6 is 0 Å². The second kappa shape index (κ2) is 7.74. The number of ether oxygens (including phenoxy) is 1. The van der Waals surface area contributed by atoms with Crippen molar-refractivity contribution in [2.24, 2.45) is 11.7 Å². The number of carbonyl (C=O) groups excluding carboxylic acids is 2. The van der Waals surface area contributed by atoms with Gasteiger partial charge in [-0.05, 0) is 18.9 Å². The van der Waals surface area contributed by atoms with Gasteiger partial charge >= 0.3 is 6.03 Å². The fourth-order valence-corrected chi connectivity index (χ4v) is 3.80. The minimum absolute atomic E-state index is 0.0682. The van der Waals surface area contributed by atoms with Crippen LogP contribution in [0.25, 0.3) is 0 Å². The van der Waals surface area contributed by atoms with Crippen LogP contribution in [-0.2, 0) is 4.79 Å². The van der Waals surface area contributed by atoms with E-state index in [1.165, 1.54) is 0 Å². The van der Waals surface area contributed by atoms with E-state index in [1.807, 2.05) is 29.2 Å². The predicted molar refractivity (Wildman–Crippen MR) is 94.2 cm³/mol. The van der Waals surface area contributed by atoms with Crippen molar-refractivity contribution in [1.29, 1.82) is 0 Å². The highest BCUT2D eigenvalue weighted by Crippen LogP contribution is 2.32. The predicted octanol–water partition coefficient (Wildman–Crippen LogP) is 0.959. The number of nitrogens with two attached hydrogens (primary N) is 1. The average Bonchev–Trinajstić information content (AvgIpc) is 2.67. The zero-order valence-electron chi connectivity index (χ0n) is 14.6. The molecule has 25 heavy (non-hydrogen) atoms. The van der Waals surface area contributed by atoms with Crippen LogP contribution < -0.4 is 15.8 Å². The van der Waals surface area contributed by atoms with Gasteiger partial charge in [0.2, 0.25) is 5.91 Å². The summed E-state index contributed by atoms with van der Waals surface area (Å²) in [5, 5.41) is 3.37. The van der Waals surface area contributed by atoms with Gasteiger partial charge in [-0.3, -0.25) is 4.79 Å². The number of benzene rings is 1. The first-order valence-electron chi connectivity index (χ1n) is 8.80. The fourth-order valence-electron chi connectivity index (χ4n) is 3.80. The molecule has 0 bridgehead atoms. The number of hydrogen-bond donors (Lipinski definition) is 2. The molecule has 2 atom stereocenters. The van der Waals surface area contributed by atoms with E-state index in [0.29, 0.717) is 26.2 Å². The molecule has 0 spiro atoms. The van der Waals surface area contributed by atoms with Crippen molar-refractivity contribution in [3.8, 4) is 5.75 Å². The number of piperazine rings is 1. The fraction of sp³-hybridized carbons (Fsp3) is 0.556. The number of nitrogens with one attached hydrogen (secondary N) is 1. The van der Waals surface area contributed by atoms with Crippen molar-refractivity contribution in [1.82, 2.24) is 15.1 Å². The maximum Gasteiger partial charge on any atom is 0.314 e. The molecule has 3 rings (SSSR count). The summed E-state index contributed by atoms with van der Waals surface area (Å²) in [5.41, 5.74) is 6.41. The molecule has 0 aliphatic carbocycles. The third-order valence-electron chi connectivity index (χ3n) is 5.11. The maximum absolute atomic E-state index is 13.2. The number of likely N-dealkylation sites (tertiary alicyclic amines) is 1. The highest BCUT2D eigenvalue weighted by molar-refractivity contribution is 5.81. The third-order valence-corrected chi connectivity index (χ3v) is 5.11. The van der Waals surface area contributed by atoms with Crippen LogP contribution in [0.2, 0.25) is 0 Å². The third kappa shape index (κ3) is 3.71. The lowest BCUT2D eigenvalue weighted by molar-refractivity contribution is -0.140. The summed E-state index contributed by atoms with van der Waals surface area (Å²) in [6.07, 6.45) is 1.61.